The van der Waals surface area contributed by atoms with Crippen molar-refractivity contribution >= 4 is 23.2 Å². The van der Waals surface area contributed by atoms with Gasteiger partial charge in [-0.25, -0.2) is 0 Å². The summed E-state index contributed by atoms with van der Waals surface area (Å²) in [4.78, 5) is 36.0. The number of fused-ring (bicyclic) bond motifs is 1. The van der Waals surface area contributed by atoms with Crippen LogP contribution in [0.1, 0.15) is 24.1 Å². The SMILES string of the molecule is CCc1cccc2c1OCC(=O)NC2C(=O)Nc1ccc([N+](C)=O)cc1. The number of carbonyl (C=O) groups excluding carboxylic acids is 2. The number of amides is 2. The van der Waals surface area contributed by atoms with E-state index >= 15 is 0 Å². The number of carbonyl (C=O) groups is 2. The van der Waals surface area contributed by atoms with Gasteiger partial charge in [-0.05, 0) is 24.1 Å². The molecule has 3 rings (SSSR count). The Morgan fingerprint density at radius 1 is 1.27 bits per heavy atom. The monoisotopic (exact) mass is 354 g/mol. The normalized spacial score (nSPS) is 15.9. The zero-order valence-electron chi connectivity index (χ0n) is 14.6. The van der Waals surface area contributed by atoms with Crippen LogP contribution in [0, 0.1) is 4.91 Å². The first-order chi connectivity index (χ1) is 12.5. The first kappa shape index (κ1) is 17.6. The first-order valence-corrected chi connectivity index (χ1v) is 8.35. The Kier molecular flexibility index (Phi) is 4.97. The van der Waals surface area contributed by atoms with Gasteiger partial charge < -0.3 is 15.4 Å². The first-order valence-electron chi connectivity index (χ1n) is 8.35. The van der Waals surface area contributed by atoms with E-state index in [-0.39, 0.29) is 18.4 Å². The van der Waals surface area contributed by atoms with E-state index in [4.69, 9.17) is 4.74 Å². The fraction of sp³-hybridized carbons (Fsp3) is 0.263. The van der Waals surface area contributed by atoms with E-state index in [1.165, 1.54) is 7.05 Å². The van der Waals surface area contributed by atoms with E-state index < -0.39 is 6.04 Å². The molecule has 2 aromatic rings. The minimum Gasteiger partial charge on any atom is -0.483 e. The fourth-order valence-corrected chi connectivity index (χ4v) is 2.88. The maximum Gasteiger partial charge on any atom is 0.258 e. The van der Waals surface area contributed by atoms with Crippen LogP contribution >= 0.6 is 0 Å². The van der Waals surface area contributed by atoms with Gasteiger partial charge in [0.2, 0.25) is 0 Å². The molecule has 2 N–H and O–H groups in total. The van der Waals surface area contributed by atoms with Gasteiger partial charge in [0.15, 0.2) is 13.7 Å². The van der Waals surface area contributed by atoms with Crippen molar-refractivity contribution in [2.45, 2.75) is 19.4 Å². The zero-order valence-corrected chi connectivity index (χ0v) is 14.6. The molecule has 0 aliphatic carbocycles. The number of aryl methyl sites for hydroxylation is 1. The number of nitrogens with zero attached hydrogens (tertiary/aromatic N) is 1. The smallest absolute Gasteiger partial charge is 0.258 e. The lowest BCUT2D eigenvalue weighted by Gasteiger charge is -2.18. The number of nitroso groups, excluding NO2 is 1. The van der Waals surface area contributed by atoms with Crippen molar-refractivity contribution in [3.63, 3.8) is 0 Å². The van der Waals surface area contributed by atoms with E-state index in [9.17, 15) is 14.5 Å². The highest BCUT2D eigenvalue weighted by Crippen LogP contribution is 2.32. The standard InChI is InChI=1S/C19H19N3O4/c1-3-12-5-4-6-15-17(21-16(23)11-26-18(12)15)19(24)20-13-7-9-14(10-8-13)22(2)25/h4-10,17H,3,11H2,1-2H3,(H-,20,21,23,24,25)/p+1. The molecule has 0 fully saturated rings. The van der Waals surface area contributed by atoms with Crippen molar-refractivity contribution in [3.05, 3.63) is 58.5 Å². The molecule has 1 unspecified atom stereocenters. The molecule has 7 nitrogen and oxygen atoms in total. The Morgan fingerprint density at radius 3 is 2.65 bits per heavy atom. The van der Waals surface area contributed by atoms with E-state index in [1.807, 2.05) is 19.1 Å². The summed E-state index contributed by atoms with van der Waals surface area (Å²) in [5.74, 6) is -0.148. The van der Waals surface area contributed by atoms with Crippen LogP contribution in [-0.2, 0) is 16.0 Å². The number of rotatable bonds is 4. The van der Waals surface area contributed by atoms with Gasteiger partial charge in [0, 0.05) is 33.1 Å². The lowest BCUT2D eigenvalue weighted by atomic mass is 10.00. The van der Waals surface area contributed by atoms with E-state index in [2.05, 4.69) is 10.6 Å². The second-order valence-corrected chi connectivity index (χ2v) is 6.01. The molecule has 1 aliphatic rings. The number of hydrogen-bond acceptors (Lipinski definition) is 4. The molecule has 26 heavy (non-hydrogen) atoms. The summed E-state index contributed by atoms with van der Waals surface area (Å²) < 4.78 is 6.36. The van der Waals surface area contributed by atoms with Gasteiger partial charge in [0.05, 0.1) is 0 Å². The summed E-state index contributed by atoms with van der Waals surface area (Å²) in [6, 6.07) is 11.2. The largest absolute Gasteiger partial charge is 0.483 e. The van der Waals surface area contributed by atoms with Gasteiger partial charge in [-0.1, -0.05) is 25.1 Å². The lowest BCUT2D eigenvalue weighted by molar-refractivity contribution is -0.428. The molecule has 2 amide bonds. The molecule has 2 aromatic carbocycles. The van der Waals surface area contributed by atoms with Crippen LogP contribution in [0.25, 0.3) is 0 Å². The third-order valence-corrected chi connectivity index (χ3v) is 4.23. The average Bonchev–Trinajstić information content (AvgIpc) is 2.81. The van der Waals surface area contributed by atoms with Crippen molar-refractivity contribution in [3.8, 4) is 5.75 Å². The molecule has 0 bridgehead atoms. The summed E-state index contributed by atoms with van der Waals surface area (Å²) in [5, 5.41) is 5.48. The number of para-hydroxylation sites is 1. The topological polar surface area (TPSA) is 87.5 Å². The summed E-state index contributed by atoms with van der Waals surface area (Å²) in [6.07, 6.45) is 0.732. The van der Waals surface area contributed by atoms with Crippen molar-refractivity contribution in [1.82, 2.24) is 5.32 Å². The van der Waals surface area contributed by atoms with E-state index in [0.717, 1.165) is 16.7 Å². The number of nitrogens with one attached hydrogen (secondary N) is 2. The van der Waals surface area contributed by atoms with E-state index in [1.54, 1.807) is 30.3 Å². The number of hydrogen-bond donors (Lipinski definition) is 2. The van der Waals surface area contributed by atoms with Gasteiger partial charge in [-0.15, -0.1) is 0 Å². The van der Waals surface area contributed by atoms with Gasteiger partial charge in [0.25, 0.3) is 17.5 Å². The van der Waals surface area contributed by atoms with Crippen molar-refractivity contribution < 1.29 is 19.1 Å². The highest BCUT2D eigenvalue weighted by atomic mass is 16.5. The maximum atomic E-state index is 12.8. The maximum absolute atomic E-state index is 12.8. The summed E-state index contributed by atoms with van der Waals surface area (Å²) in [6.45, 7) is 1.86. The number of anilines is 1. The van der Waals surface area contributed by atoms with Crippen LogP contribution in [0.5, 0.6) is 5.75 Å². The third kappa shape index (κ3) is 3.56. The predicted octanol–water partition coefficient (Wildman–Crippen LogP) is 2.48. The minimum atomic E-state index is -0.853. The van der Waals surface area contributed by atoms with E-state index in [0.29, 0.717) is 22.7 Å². The van der Waals surface area contributed by atoms with Gasteiger partial charge in [0.1, 0.15) is 11.8 Å². The molecule has 0 spiro atoms. The Labute approximate surface area is 150 Å². The quantitative estimate of drug-likeness (QED) is 0.826. The second-order valence-electron chi connectivity index (χ2n) is 6.01. The molecule has 1 heterocycles. The Balaban J connectivity index is 1.88. The predicted molar refractivity (Wildman–Crippen MR) is 96.5 cm³/mol. The lowest BCUT2D eigenvalue weighted by Crippen LogP contribution is -2.37. The van der Waals surface area contributed by atoms with Crippen molar-refractivity contribution in [1.29, 1.82) is 0 Å². The third-order valence-electron chi connectivity index (χ3n) is 4.23. The van der Waals surface area contributed by atoms with Crippen LogP contribution in [0.4, 0.5) is 11.4 Å². The molecular formula is C19H20N3O4+. The van der Waals surface area contributed by atoms with Crippen LogP contribution in [0.15, 0.2) is 42.5 Å². The van der Waals surface area contributed by atoms with Crippen molar-refractivity contribution in [2.75, 3.05) is 19.0 Å². The molecular weight excluding hydrogens is 334 g/mol. The van der Waals surface area contributed by atoms with Gasteiger partial charge in [-0.3, -0.25) is 9.59 Å². The van der Waals surface area contributed by atoms with Crippen LogP contribution < -0.4 is 15.4 Å². The Bertz CT molecular complexity index is 862. The molecule has 134 valence electrons. The fourth-order valence-electron chi connectivity index (χ4n) is 2.88. The summed E-state index contributed by atoms with van der Waals surface area (Å²) >= 11 is 0. The summed E-state index contributed by atoms with van der Waals surface area (Å²) in [7, 11) is 1.40. The average molecular weight is 354 g/mol. The molecule has 0 radical (unpaired) electrons. The Hall–Kier alpha value is -3.22. The Morgan fingerprint density at radius 2 is 2.00 bits per heavy atom. The van der Waals surface area contributed by atoms with Crippen molar-refractivity contribution in [2.24, 2.45) is 0 Å². The zero-order chi connectivity index (χ0) is 18.7. The molecule has 7 heteroatoms. The highest BCUT2D eigenvalue weighted by Gasteiger charge is 2.30. The molecule has 1 atom stereocenters. The van der Waals surface area contributed by atoms with Crippen LogP contribution in [0.2, 0.25) is 0 Å². The van der Waals surface area contributed by atoms with Crippen LogP contribution in [0.3, 0.4) is 0 Å². The summed E-state index contributed by atoms with van der Waals surface area (Å²) in [5.41, 5.74) is 2.59. The highest BCUT2D eigenvalue weighted by molar-refractivity contribution is 5.99. The molecule has 0 saturated carbocycles. The van der Waals surface area contributed by atoms with Gasteiger partial charge in [-0.2, -0.15) is 0 Å². The van der Waals surface area contributed by atoms with Gasteiger partial charge >= 0.3 is 0 Å². The molecule has 1 aliphatic heterocycles. The molecule has 0 saturated heterocycles. The second kappa shape index (κ2) is 7.35. The number of ether oxygens (including phenoxy) is 1. The minimum absolute atomic E-state index is 0.127. The number of benzene rings is 2. The van der Waals surface area contributed by atoms with Crippen LogP contribution in [-0.4, -0.2) is 30.2 Å². The molecule has 0 aromatic heterocycles.